The van der Waals surface area contributed by atoms with Crippen molar-refractivity contribution >= 4 is 0 Å². The molecule has 0 unspecified atom stereocenters. The minimum absolute atomic E-state index is 0.668. The summed E-state index contributed by atoms with van der Waals surface area (Å²) >= 11 is 0. The lowest BCUT2D eigenvalue weighted by Crippen LogP contribution is -2.06. The number of nitrogens with zero attached hydrogens (tertiary/aromatic N) is 5. The molecule has 0 bridgehead atoms. The van der Waals surface area contributed by atoms with E-state index in [2.05, 4.69) is 15.4 Å². The quantitative estimate of drug-likeness (QED) is 0.806. The monoisotopic (exact) mass is 220 g/mol. The summed E-state index contributed by atoms with van der Waals surface area (Å²) in [4.78, 5) is 0. The lowest BCUT2D eigenvalue weighted by Gasteiger charge is -1.96. The van der Waals surface area contributed by atoms with Crippen LogP contribution in [-0.4, -0.2) is 31.3 Å². The van der Waals surface area contributed by atoms with E-state index in [1.54, 1.807) is 0 Å². The van der Waals surface area contributed by atoms with Crippen LogP contribution in [0, 0.1) is 6.92 Å². The first-order valence-corrected chi connectivity index (χ1v) is 5.31. The Morgan fingerprint density at radius 2 is 2.25 bits per heavy atom. The number of nitrogens with two attached hydrogens (primary N) is 1. The molecule has 86 valence electrons. The minimum atomic E-state index is 0.668. The normalized spacial score (nSPS) is 10.9. The maximum Gasteiger partial charge on any atom is 0.116 e. The molecule has 6 heteroatoms. The molecule has 2 N–H and O–H groups in total. The number of aryl methyl sites for hydroxylation is 2. The Morgan fingerprint density at radius 3 is 2.88 bits per heavy atom. The molecular weight excluding hydrogens is 204 g/mol. The summed E-state index contributed by atoms with van der Waals surface area (Å²) in [6.07, 6.45) is 4.65. The highest BCUT2D eigenvalue weighted by Crippen LogP contribution is 2.19. The Balaban J connectivity index is 2.21. The molecule has 16 heavy (non-hydrogen) atoms. The molecule has 0 aromatic carbocycles. The van der Waals surface area contributed by atoms with Crippen LogP contribution in [0.1, 0.15) is 12.1 Å². The second-order valence-electron chi connectivity index (χ2n) is 3.78. The molecule has 2 rings (SSSR count). The van der Waals surface area contributed by atoms with Gasteiger partial charge in [-0.15, -0.1) is 5.10 Å². The summed E-state index contributed by atoms with van der Waals surface area (Å²) in [5.74, 6) is 0. The van der Waals surface area contributed by atoms with E-state index in [-0.39, 0.29) is 0 Å². The lowest BCUT2D eigenvalue weighted by atomic mass is 10.2. The van der Waals surface area contributed by atoms with Gasteiger partial charge in [0.15, 0.2) is 0 Å². The molecule has 0 aliphatic heterocycles. The summed E-state index contributed by atoms with van der Waals surface area (Å²) in [5.41, 5.74) is 8.43. The fourth-order valence-corrected chi connectivity index (χ4v) is 1.53. The van der Waals surface area contributed by atoms with Crippen molar-refractivity contribution in [1.82, 2.24) is 24.8 Å². The molecule has 0 fully saturated rings. The number of hydrogen-bond acceptors (Lipinski definition) is 4. The van der Waals surface area contributed by atoms with Gasteiger partial charge in [-0.3, -0.25) is 9.36 Å². The third kappa shape index (κ3) is 1.96. The lowest BCUT2D eigenvalue weighted by molar-refractivity contribution is 0.564. The number of aromatic nitrogens is 5. The van der Waals surface area contributed by atoms with Crippen molar-refractivity contribution in [2.24, 2.45) is 12.8 Å². The smallest absolute Gasteiger partial charge is 0.116 e. The van der Waals surface area contributed by atoms with E-state index in [0.717, 1.165) is 29.9 Å². The number of hydrogen-bond donors (Lipinski definition) is 1. The Bertz CT molecular complexity index is 469. The van der Waals surface area contributed by atoms with Gasteiger partial charge in [0.2, 0.25) is 0 Å². The van der Waals surface area contributed by atoms with E-state index in [1.807, 2.05) is 35.7 Å². The van der Waals surface area contributed by atoms with Gasteiger partial charge in [-0.1, -0.05) is 5.21 Å². The third-order valence-electron chi connectivity index (χ3n) is 2.64. The van der Waals surface area contributed by atoms with Crippen molar-refractivity contribution < 1.29 is 0 Å². The maximum atomic E-state index is 5.45. The predicted octanol–water partition coefficient (Wildman–Crippen LogP) is 0.336. The van der Waals surface area contributed by atoms with E-state index in [9.17, 15) is 0 Å². The van der Waals surface area contributed by atoms with Gasteiger partial charge >= 0.3 is 0 Å². The number of rotatable bonds is 4. The SMILES string of the molecule is Cc1c(-c2cn(CCCN)nn2)cnn1C. The van der Waals surface area contributed by atoms with Crippen LogP contribution < -0.4 is 5.73 Å². The molecule has 0 aliphatic carbocycles. The topological polar surface area (TPSA) is 74.6 Å². The molecule has 2 aromatic heterocycles. The molecule has 0 spiro atoms. The van der Waals surface area contributed by atoms with E-state index in [1.165, 1.54) is 0 Å². The summed E-state index contributed by atoms with van der Waals surface area (Å²) in [6, 6.07) is 0. The van der Waals surface area contributed by atoms with Crippen LogP contribution in [0.5, 0.6) is 0 Å². The average molecular weight is 220 g/mol. The van der Waals surface area contributed by atoms with E-state index >= 15 is 0 Å². The first kappa shape index (κ1) is 10.8. The zero-order valence-electron chi connectivity index (χ0n) is 9.59. The molecule has 2 heterocycles. The van der Waals surface area contributed by atoms with Crippen molar-refractivity contribution in [2.75, 3.05) is 6.54 Å². The molecule has 0 radical (unpaired) electrons. The second-order valence-corrected chi connectivity index (χ2v) is 3.78. The van der Waals surface area contributed by atoms with Crippen LogP contribution in [0.3, 0.4) is 0 Å². The van der Waals surface area contributed by atoms with Crippen molar-refractivity contribution in [3.8, 4) is 11.3 Å². The third-order valence-corrected chi connectivity index (χ3v) is 2.64. The fraction of sp³-hybridized carbons (Fsp3) is 0.500. The van der Waals surface area contributed by atoms with Crippen LogP contribution >= 0.6 is 0 Å². The summed E-state index contributed by atoms with van der Waals surface area (Å²) < 4.78 is 3.64. The Kier molecular flexibility index (Phi) is 3.00. The molecule has 6 nitrogen and oxygen atoms in total. The molecule has 0 saturated heterocycles. The highest BCUT2D eigenvalue weighted by atomic mass is 15.4. The Hall–Kier alpha value is -1.69. The van der Waals surface area contributed by atoms with Crippen molar-refractivity contribution in [3.05, 3.63) is 18.1 Å². The van der Waals surface area contributed by atoms with Crippen LogP contribution in [0.25, 0.3) is 11.3 Å². The van der Waals surface area contributed by atoms with Crippen molar-refractivity contribution in [2.45, 2.75) is 19.9 Å². The second kappa shape index (κ2) is 4.44. The molecule has 0 amide bonds. The van der Waals surface area contributed by atoms with Gasteiger partial charge in [0.25, 0.3) is 0 Å². The fourth-order valence-electron chi connectivity index (χ4n) is 1.53. The van der Waals surface area contributed by atoms with Crippen LogP contribution in [0.15, 0.2) is 12.4 Å². The largest absolute Gasteiger partial charge is 0.330 e. The molecule has 2 aromatic rings. The summed E-state index contributed by atoms with van der Waals surface area (Å²) in [6.45, 7) is 3.49. The van der Waals surface area contributed by atoms with Gasteiger partial charge in [-0.2, -0.15) is 5.10 Å². The predicted molar refractivity (Wildman–Crippen MR) is 60.6 cm³/mol. The van der Waals surface area contributed by atoms with Gasteiger partial charge in [0.05, 0.1) is 12.4 Å². The minimum Gasteiger partial charge on any atom is -0.330 e. The van der Waals surface area contributed by atoms with Gasteiger partial charge in [0.1, 0.15) is 5.69 Å². The molecular formula is C10H16N6. The van der Waals surface area contributed by atoms with Crippen LogP contribution in [-0.2, 0) is 13.6 Å². The molecule has 0 saturated carbocycles. The van der Waals surface area contributed by atoms with Crippen molar-refractivity contribution in [1.29, 1.82) is 0 Å². The Morgan fingerprint density at radius 1 is 1.44 bits per heavy atom. The highest BCUT2D eigenvalue weighted by molar-refractivity contribution is 5.59. The highest BCUT2D eigenvalue weighted by Gasteiger charge is 2.09. The first-order valence-electron chi connectivity index (χ1n) is 5.31. The molecule has 0 atom stereocenters. The zero-order chi connectivity index (χ0) is 11.5. The van der Waals surface area contributed by atoms with Gasteiger partial charge in [-0.05, 0) is 19.9 Å². The van der Waals surface area contributed by atoms with E-state index < -0.39 is 0 Å². The van der Waals surface area contributed by atoms with Crippen LogP contribution in [0.2, 0.25) is 0 Å². The van der Waals surface area contributed by atoms with Crippen LogP contribution in [0.4, 0.5) is 0 Å². The molecule has 0 aliphatic rings. The van der Waals surface area contributed by atoms with Crippen molar-refractivity contribution in [3.63, 3.8) is 0 Å². The van der Waals surface area contributed by atoms with Gasteiger partial charge in [-0.25, -0.2) is 0 Å². The average Bonchev–Trinajstić information content (AvgIpc) is 2.85. The Labute approximate surface area is 94.1 Å². The van der Waals surface area contributed by atoms with Gasteiger partial charge in [0, 0.05) is 24.8 Å². The standard InChI is InChI=1S/C10H16N6/c1-8-9(6-12-15(8)2)10-7-16(14-13-10)5-3-4-11/h6-7H,3-5,11H2,1-2H3. The summed E-state index contributed by atoms with van der Waals surface area (Å²) in [5, 5.41) is 12.4. The van der Waals surface area contributed by atoms with Gasteiger partial charge < -0.3 is 5.73 Å². The van der Waals surface area contributed by atoms with E-state index in [0.29, 0.717) is 6.54 Å². The van der Waals surface area contributed by atoms with E-state index in [4.69, 9.17) is 5.73 Å². The zero-order valence-corrected chi connectivity index (χ0v) is 9.59. The maximum absolute atomic E-state index is 5.45. The first-order chi connectivity index (χ1) is 7.72. The summed E-state index contributed by atoms with van der Waals surface area (Å²) in [7, 11) is 1.91.